The molecular formula is C14H20ClN3OS. The molecule has 1 amide bonds. The van der Waals surface area contributed by atoms with Crippen LogP contribution >= 0.6 is 23.8 Å². The number of hydrogen-bond donors (Lipinski definition) is 3. The second-order valence-corrected chi connectivity index (χ2v) is 6.54. The minimum Gasteiger partial charge on any atom is -0.389 e. The first-order valence-electron chi connectivity index (χ1n) is 6.28. The van der Waals surface area contributed by atoms with Crippen LogP contribution in [0.2, 0.25) is 5.02 Å². The Bertz CT molecular complexity index is 526. The smallest absolute Gasteiger partial charge is 0.242 e. The van der Waals surface area contributed by atoms with Gasteiger partial charge in [0.25, 0.3) is 0 Å². The van der Waals surface area contributed by atoms with Gasteiger partial charge in [0.1, 0.15) is 11.0 Å². The van der Waals surface area contributed by atoms with Gasteiger partial charge in [0.15, 0.2) is 0 Å². The van der Waals surface area contributed by atoms with E-state index in [2.05, 4.69) is 10.6 Å². The summed E-state index contributed by atoms with van der Waals surface area (Å²) < 4.78 is 0. The van der Waals surface area contributed by atoms with E-state index in [1.165, 1.54) is 0 Å². The summed E-state index contributed by atoms with van der Waals surface area (Å²) in [6, 6.07) is 4.72. The summed E-state index contributed by atoms with van der Waals surface area (Å²) >= 11 is 11.0. The van der Waals surface area contributed by atoms with Crippen molar-refractivity contribution >= 4 is 40.4 Å². The van der Waals surface area contributed by atoms with Crippen molar-refractivity contribution in [2.45, 2.75) is 39.3 Å². The van der Waals surface area contributed by atoms with Gasteiger partial charge >= 0.3 is 0 Å². The number of hydrogen-bond acceptors (Lipinski definition) is 3. The Kier molecular flexibility index (Phi) is 5.36. The molecule has 0 aliphatic rings. The highest BCUT2D eigenvalue weighted by molar-refractivity contribution is 7.80. The zero-order valence-corrected chi connectivity index (χ0v) is 13.7. The quantitative estimate of drug-likeness (QED) is 0.748. The average Bonchev–Trinajstić information content (AvgIpc) is 2.26. The fourth-order valence-electron chi connectivity index (χ4n) is 1.63. The highest BCUT2D eigenvalue weighted by atomic mass is 35.5. The Morgan fingerprint density at radius 3 is 2.50 bits per heavy atom. The van der Waals surface area contributed by atoms with E-state index in [1.807, 2.05) is 20.8 Å². The molecule has 20 heavy (non-hydrogen) atoms. The van der Waals surface area contributed by atoms with Gasteiger partial charge in [0.2, 0.25) is 5.91 Å². The monoisotopic (exact) mass is 313 g/mol. The van der Waals surface area contributed by atoms with Crippen LogP contribution < -0.4 is 16.4 Å². The highest BCUT2D eigenvalue weighted by Crippen LogP contribution is 2.22. The zero-order chi connectivity index (χ0) is 15.5. The average molecular weight is 314 g/mol. The third-order valence-electron chi connectivity index (χ3n) is 2.51. The maximum atomic E-state index is 12.1. The van der Waals surface area contributed by atoms with Crippen molar-refractivity contribution in [3.63, 3.8) is 0 Å². The Balaban J connectivity index is 2.90. The second-order valence-electron chi connectivity index (χ2n) is 5.66. The SMILES string of the molecule is CC(Nc1cc(Cl)ccc1C(N)=S)C(=O)NC(C)(C)C. The number of benzene rings is 1. The number of thiocarbonyl (C=S) groups is 1. The first kappa shape index (κ1) is 16.7. The summed E-state index contributed by atoms with van der Waals surface area (Å²) in [7, 11) is 0. The van der Waals surface area contributed by atoms with E-state index in [1.54, 1.807) is 25.1 Å². The third-order valence-corrected chi connectivity index (χ3v) is 2.97. The number of carbonyl (C=O) groups excluding carboxylic acids is 1. The normalized spacial score (nSPS) is 12.7. The molecule has 0 bridgehead atoms. The summed E-state index contributed by atoms with van der Waals surface area (Å²) in [6.07, 6.45) is 0. The van der Waals surface area contributed by atoms with E-state index in [0.29, 0.717) is 16.3 Å². The van der Waals surface area contributed by atoms with Gasteiger partial charge in [-0.15, -0.1) is 0 Å². The van der Waals surface area contributed by atoms with Gasteiger partial charge in [-0.2, -0.15) is 0 Å². The molecule has 0 fully saturated rings. The molecule has 0 aliphatic carbocycles. The number of amides is 1. The highest BCUT2D eigenvalue weighted by Gasteiger charge is 2.20. The van der Waals surface area contributed by atoms with Crippen LogP contribution in [0.5, 0.6) is 0 Å². The van der Waals surface area contributed by atoms with E-state index in [-0.39, 0.29) is 16.4 Å². The summed E-state index contributed by atoms with van der Waals surface area (Å²) in [4.78, 5) is 12.3. The summed E-state index contributed by atoms with van der Waals surface area (Å²) in [5.74, 6) is -0.105. The van der Waals surface area contributed by atoms with Crippen molar-refractivity contribution in [3.05, 3.63) is 28.8 Å². The Morgan fingerprint density at radius 1 is 1.40 bits per heavy atom. The first-order valence-corrected chi connectivity index (χ1v) is 7.06. The molecule has 6 heteroatoms. The van der Waals surface area contributed by atoms with Crippen LogP contribution in [0, 0.1) is 0 Å². The van der Waals surface area contributed by atoms with Gasteiger partial charge in [-0.3, -0.25) is 4.79 Å². The molecule has 0 radical (unpaired) electrons. The molecule has 1 rings (SSSR count). The predicted octanol–water partition coefficient (Wildman–Crippen LogP) is 2.69. The lowest BCUT2D eigenvalue weighted by molar-refractivity contribution is -0.122. The van der Waals surface area contributed by atoms with E-state index in [0.717, 1.165) is 0 Å². The topological polar surface area (TPSA) is 67.1 Å². The Morgan fingerprint density at radius 2 is 2.00 bits per heavy atom. The molecule has 1 aromatic rings. The third kappa shape index (κ3) is 4.98. The van der Waals surface area contributed by atoms with Crippen molar-refractivity contribution in [2.24, 2.45) is 5.73 Å². The standard InChI is InChI=1S/C14H20ClN3OS/c1-8(13(19)18-14(2,3)4)17-11-7-9(15)5-6-10(11)12(16)20/h5-8,17H,1-4H3,(H2,16,20)(H,18,19). The van der Waals surface area contributed by atoms with Crippen LogP contribution in [0.25, 0.3) is 0 Å². The lowest BCUT2D eigenvalue weighted by Gasteiger charge is -2.24. The maximum Gasteiger partial charge on any atom is 0.242 e. The van der Waals surface area contributed by atoms with Crippen molar-refractivity contribution in [2.75, 3.05) is 5.32 Å². The number of anilines is 1. The molecule has 1 aromatic carbocycles. The Labute approximate surface area is 130 Å². The van der Waals surface area contributed by atoms with Crippen LogP contribution in [-0.2, 0) is 4.79 Å². The summed E-state index contributed by atoms with van der Waals surface area (Å²) in [5.41, 5.74) is 6.70. The second kappa shape index (κ2) is 6.41. The number of carbonyl (C=O) groups is 1. The summed E-state index contributed by atoms with van der Waals surface area (Å²) in [6.45, 7) is 7.55. The van der Waals surface area contributed by atoms with Crippen molar-refractivity contribution in [1.29, 1.82) is 0 Å². The predicted molar refractivity (Wildman–Crippen MR) is 88.3 cm³/mol. The molecule has 0 saturated carbocycles. The maximum absolute atomic E-state index is 12.1. The summed E-state index contributed by atoms with van der Waals surface area (Å²) in [5, 5.41) is 6.55. The van der Waals surface area contributed by atoms with Crippen molar-refractivity contribution in [3.8, 4) is 0 Å². The van der Waals surface area contributed by atoms with Crippen LogP contribution in [0.3, 0.4) is 0 Å². The fourth-order valence-corrected chi connectivity index (χ4v) is 1.98. The van der Waals surface area contributed by atoms with Gasteiger partial charge in [0, 0.05) is 21.8 Å². The van der Waals surface area contributed by atoms with E-state index in [9.17, 15) is 4.79 Å². The molecule has 4 nitrogen and oxygen atoms in total. The van der Waals surface area contributed by atoms with Gasteiger partial charge in [-0.25, -0.2) is 0 Å². The van der Waals surface area contributed by atoms with Crippen LogP contribution in [-0.4, -0.2) is 22.5 Å². The zero-order valence-electron chi connectivity index (χ0n) is 12.1. The van der Waals surface area contributed by atoms with Crippen LogP contribution in [0.15, 0.2) is 18.2 Å². The number of nitrogens with two attached hydrogens (primary N) is 1. The van der Waals surface area contributed by atoms with Crippen LogP contribution in [0.1, 0.15) is 33.3 Å². The van der Waals surface area contributed by atoms with Crippen molar-refractivity contribution in [1.82, 2.24) is 5.32 Å². The van der Waals surface area contributed by atoms with Gasteiger partial charge in [-0.05, 0) is 45.9 Å². The van der Waals surface area contributed by atoms with Gasteiger partial charge < -0.3 is 16.4 Å². The number of nitrogens with one attached hydrogen (secondary N) is 2. The number of halogens is 1. The molecule has 4 N–H and O–H groups in total. The van der Waals surface area contributed by atoms with Crippen molar-refractivity contribution < 1.29 is 4.79 Å². The molecular weight excluding hydrogens is 294 g/mol. The first-order chi connectivity index (χ1) is 9.10. The molecule has 1 unspecified atom stereocenters. The minimum absolute atomic E-state index is 0.105. The minimum atomic E-state index is -0.430. The van der Waals surface area contributed by atoms with Gasteiger partial charge in [-0.1, -0.05) is 23.8 Å². The van der Waals surface area contributed by atoms with E-state index in [4.69, 9.17) is 29.6 Å². The fraction of sp³-hybridized carbons (Fsp3) is 0.429. The largest absolute Gasteiger partial charge is 0.389 e. The lowest BCUT2D eigenvalue weighted by atomic mass is 10.1. The molecule has 0 saturated heterocycles. The molecule has 1 atom stereocenters. The molecule has 0 aromatic heterocycles. The van der Waals surface area contributed by atoms with E-state index < -0.39 is 6.04 Å². The lowest BCUT2D eigenvalue weighted by Crippen LogP contribution is -2.47. The molecule has 0 heterocycles. The van der Waals surface area contributed by atoms with Crippen LogP contribution in [0.4, 0.5) is 5.69 Å². The molecule has 0 spiro atoms. The molecule has 0 aliphatic heterocycles. The van der Waals surface area contributed by atoms with E-state index >= 15 is 0 Å². The Hall–Kier alpha value is -1.33. The number of rotatable bonds is 4. The molecule has 110 valence electrons. The van der Waals surface area contributed by atoms with Gasteiger partial charge in [0.05, 0.1) is 0 Å².